The number of carbonyl (C=O) groups is 1. The van der Waals surface area contributed by atoms with Gasteiger partial charge in [-0.2, -0.15) is 11.8 Å². The third kappa shape index (κ3) is 5.27. The van der Waals surface area contributed by atoms with Crippen molar-refractivity contribution in [2.24, 2.45) is 0 Å². The number of sulfonamides is 1. The number of rotatable bonds is 7. The molecule has 0 heterocycles. The molecule has 100 valence electrons. The zero-order valence-electron chi connectivity index (χ0n) is 9.89. The molecule has 0 aromatic rings. The molecule has 7 heteroatoms. The van der Waals surface area contributed by atoms with Crippen LogP contribution in [0.2, 0.25) is 0 Å². The first-order chi connectivity index (χ1) is 7.94. The molecule has 0 spiro atoms. The lowest BCUT2D eigenvalue weighted by molar-refractivity contribution is -0.137. The standard InChI is InChI=1S/C10H19NO4S2/c1-16-9-5-2-4-8(9)11-17(14,15)7-3-6-10(12)13/h8-9,11H,2-7H2,1H3,(H,12,13). The van der Waals surface area contributed by atoms with Gasteiger partial charge in [0.15, 0.2) is 0 Å². The largest absolute Gasteiger partial charge is 0.481 e. The third-order valence-electron chi connectivity index (χ3n) is 2.89. The van der Waals surface area contributed by atoms with Crippen LogP contribution in [0, 0.1) is 0 Å². The highest BCUT2D eigenvalue weighted by Gasteiger charge is 2.29. The molecule has 0 aromatic carbocycles. The third-order valence-corrected chi connectivity index (χ3v) is 5.55. The summed E-state index contributed by atoms with van der Waals surface area (Å²) in [5.74, 6) is -1.06. The number of carboxylic acid groups (broad SMARTS) is 1. The fourth-order valence-electron chi connectivity index (χ4n) is 2.05. The van der Waals surface area contributed by atoms with Crippen molar-refractivity contribution in [3.63, 3.8) is 0 Å². The average Bonchev–Trinajstić information content (AvgIpc) is 2.63. The van der Waals surface area contributed by atoms with Gasteiger partial charge in [0.2, 0.25) is 10.0 Å². The summed E-state index contributed by atoms with van der Waals surface area (Å²) in [6.07, 6.45) is 5.03. The highest BCUT2D eigenvalue weighted by Crippen LogP contribution is 2.28. The minimum absolute atomic E-state index is 0.0137. The second-order valence-corrected chi connectivity index (χ2v) is 7.20. The van der Waals surface area contributed by atoms with E-state index in [9.17, 15) is 13.2 Å². The predicted molar refractivity (Wildman–Crippen MR) is 68.7 cm³/mol. The van der Waals surface area contributed by atoms with Crippen LogP contribution in [0.3, 0.4) is 0 Å². The van der Waals surface area contributed by atoms with Crippen molar-refractivity contribution in [2.45, 2.75) is 43.4 Å². The fourth-order valence-corrected chi connectivity index (χ4v) is 4.45. The first kappa shape index (κ1) is 14.8. The lowest BCUT2D eigenvalue weighted by Gasteiger charge is -2.18. The number of hydrogen-bond acceptors (Lipinski definition) is 4. The highest BCUT2D eigenvalue weighted by molar-refractivity contribution is 7.99. The van der Waals surface area contributed by atoms with E-state index in [2.05, 4.69) is 4.72 Å². The summed E-state index contributed by atoms with van der Waals surface area (Å²) >= 11 is 1.69. The van der Waals surface area contributed by atoms with Crippen LogP contribution in [0.1, 0.15) is 32.1 Å². The number of carboxylic acids is 1. The SMILES string of the molecule is CSC1CCCC1NS(=O)(=O)CCCC(=O)O. The van der Waals surface area contributed by atoms with Gasteiger partial charge >= 0.3 is 5.97 Å². The Morgan fingerprint density at radius 2 is 2.18 bits per heavy atom. The van der Waals surface area contributed by atoms with Crippen LogP contribution in [-0.2, 0) is 14.8 Å². The summed E-state index contributed by atoms with van der Waals surface area (Å²) in [4.78, 5) is 10.3. The van der Waals surface area contributed by atoms with Crippen molar-refractivity contribution in [3.05, 3.63) is 0 Å². The number of thioether (sulfide) groups is 1. The van der Waals surface area contributed by atoms with E-state index in [1.165, 1.54) is 0 Å². The second kappa shape index (κ2) is 6.61. The van der Waals surface area contributed by atoms with Crippen molar-refractivity contribution in [1.29, 1.82) is 0 Å². The van der Waals surface area contributed by atoms with Gasteiger partial charge in [0, 0.05) is 17.7 Å². The van der Waals surface area contributed by atoms with Gasteiger partial charge in [-0.25, -0.2) is 13.1 Å². The fraction of sp³-hybridized carbons (Fsp3) is 0.900. The molecule has 0 aliphatic heterocycles. The molecule has 1 aliphatic carbocycles. The van der Waals surface area contributed by atoms with E-state index < -0.39 is 16.0 Å². The highest BCUT2D eigenvalue weighted by atomic mass is 32.2. The summed E-state index contributed by atoms with van der Waals surface area (Å²) in [7, 11) is -3.33. The van der Waals surface area contributed by atoms with Gasteiger partial charge in [-0.05, 0) is 25.5 Å². The van der Waals surface area contributed by atoms with Gasteiger partial charge in [-0.3, -0.25) is 4.79 Å². The van der Waals surface area contributed by atoms with E-state index in [1.807, 2.05) is 6.26 Å². The Kier molecular flexibility index (Phi) is 5.75. The maximum atomic E-state index is 11.7. The Morgan fingerprint density at radius 3 is 2.76 bits per heavy atom. The summed E-state index contributed by atoms with van der Waals surface area (Å²) in [6.45, 7) is 0. The Labute approximate surface area is 106 Å². The van der Waals surface area contributed by atoms with Crippen LogP contribution in [0.25, 0.3) is 0 Å². The van der Waals surface area contributed by atoms with Crippen molar-refractivity contribution >= 4 is 27.8 Å². The molecule has 5 nitrogen and oxygen atoms in total. The van der Waals surface area contributed by atoms with Gasteiger partial charge < -0.3 is 5.11 Å². The minimum atomic E-state index is -3.33. The van der Waals surface area contributed by atoms with Gasteiger partial charge in [0.25, 0.3) is 0 Å². The smallest absolute Gasteiger partial charge is 0.303 e. The van der Waals surface area contributed by atoms with Gasteiger partial charge in [-0.1, -0.05) is 6.42 Å². The molecule has 1 aliphatic rings. The molecule has 1 fully saturated rings. The lowest BCUT2D eigenvalue weighted by atomic mass is 10.3. The molecule has 1 rings (SSSR count). The van der Waals surface area contributed by atoms with E-state index in [4.69, 9.17) is 5.11 Å². The summed E-state index contributed by atoms with van der Waals surface area (Å²) < 4.78 is 26.1. The average molecular weight is 281 g/mol. The molecule has 2 atom stereocenters. The molecule has 0 radical (unpaired) electrons. The molecule has 0 bridgehead atoms. The molecule has 2 unspecified atom stereocenters. The van der Waals surface area contributed by atoms with E-state index in [-0.39, 0.29) is 24.6 Å². The molecule has 1 saturated carbocycles. The molecule has 17 heavy (non-hydrogen) atoms. The second-order valence-electron chi connectivity index (χ2n) is 4.25. The summed E-state index contributed by atoms with van der Waals surface area (Å²) in [5, 5.41) is 8.81. The summed E-state index contributed by atoms with van der Waals surface area (Å²) in [5.41, 5.74) is 0. The van der Waals surface area contributed by atoms with Gasteiger partial charge in [0.05, 0.1) is 5.75 Å². The normalized spacial score (nSPS) is 25.0. The van der Waals surface area contributed by atoms with Crippen LogP contribution < -0.4 is 4.72 Å². The maximum absolute atomic E-state index is 11.7. The zero-order chi connectivity index (χ0) is 12.9. The molecule has 0 amide bonds. The molecule has 0 saturated heterocycles. The van der Waals surface area contributed by atoms with Gasteiger partial charge in [0.1, 0.15) is 0 Å². The number of nitrogens with one attached hydrogen (secondary N) is 1. The van der Waals surface area contributed by atoms with E-state index in [0.717, 1.165) is 19.3 Å². The first-order valence-corrected chi connectivity index (χ1v) is 8.63. The molecule has 2 N–H and O–H groups in total. The van der Waals surface area contributed by atoms with E-state index in [0.29, 0.717) is 5.25 Å². The Bertz CT molecular complexity index is 355. The predicted octanol–water partition coefficient (Wildman–Crippen LogP) is 1.05. The molecular formula is C10H19NO4S2. The topological polar surface area (TPSA) is 83.5 Å². The Balaban J connectivity index is 2.40. The Morgan fingerprint density at radius 1 is 1.47 bits per heavy atom. The van der Waals surface area contributed by atoms with Crippen molar-refractivity contribution < 1.29 is 18.3 Å². The van der Waals surface area contributed by atoms with Crippen molar-refractivity contribution in [2.75, 3.05) is 12.0 Å². The minimum Gasteiger partial charge on any atom is -0.481 e. The van der Waals surface area contributed by atoms with Crippen LogP contribution in [0.4, 0.5) is 0 Å². The zero-order valence-corrected chi connectivity index (χ0v) is 11.5. The number of hydrogen-bond donors (Lipinski definition) is 2. The van der Waals surface area contributed by atoms with Crippen molar-refractivity contribution in [3.8, 4) is 0 Å². The monoisotopic (exact) mass is 281 g/mol. The van der Waals surface area contributed by atoms with Crippen LogP contribution >= 0.6 is 11.8 Å². The molecule has 0 aromatic heterocycles. The van der Waals surface area contributed by atoms with Crippen LogP contribution in [0.15, 0.2) is 0 Å². The molecular weight excluding hydrogens is 262 g/mol. The number of aliphatic carboxylic acids is 1. The maximum Gasteiger partial charge on any atom is 0.303 e. The van der Waals surface area contributed by atoms with Crippen LogP contribution in [0.5, 0.6) is 0 Å². The van der Waals surface area contributed by atoms with E-state index in [1.54, 1.807) is 11.8 Å². The Hall–Kier alpha value is -0.270. The lowest BCUT2D eigenvalue weighted by Crippen LogP contribution is -2.39. The quantitative estimate of drug-likeness (QED) is 0.729. The van der Waals surface area contributed by atoms with Crippen molar-refractivity contribution in [1.82, 2.24) is 4.72 Å². The van der Waals surface area contributed by atoms with Gasteiger partial charge in [-0.15, -0.1) is 0 Å². The van der Waals surface area contributed by atoms with E-state index >= 15 is 0 Å². The first-order valence-electron chi connectivity index (χ1n) is 5.69. The summed E-state index contributed by atoms with van der Waals surface area (Å²) in [6, 6.07) is 0.0137. The van der Waals surface area contributed by atoms with Crippen LogP contribution in [-0.4, -0.2) is 42.8 Å².